The molecular weight excluding hydrogens is 384 g/mol. The number of hydrogen-bond donors (Lipinski definition) is 4. The van der Waals surface area contributed by atoms with Gasteiger partial charge in [-0.1, -0.05) is 53.4 Å². The second-order valence-electron chi connectivity index (χ2n) is 8.42. The molecule has 0 saturated heterocycles. The van der Waals surface area contributed by atoms with Crippen LogP contribution in [-0.4, -0.2) is 45.6 Å². The van der Waals surface area contributed by atoms with Gasteiger partial charge in [0.1, 0.15) is 0 Å². The molecule has 0 aromatic heterocycles. The second kappa shape index (κ2) is 21.1. The van der Waals surface area contributed by atoms with Crippen molar-refractivity contribution in [2.24, 2.45) is 23.7 Å². The maximum absolute atomic E-state index is 10.4. The van der Waals surface area contributed by atoms with Gasteiger partial charge in [-0.25, -0.2) is 0 Å². The molecule has 1 saturated carbocycles. The summed E-state index contributed by atoms with van der Waals surface area (Å²) >= 11 is 0. The van der Waals surface area contributed by atoms with E-state index >= 15 is 0 Å². The van der Waals surface area contributed by atoms with Gasteiger partial charge >= 0.3 is 11.9 Å². The highest BCUT2D eigenvalue weighted by Gasteiger charge is 2.19. The van der Waals surface area contributed by atoms with Gasteiger partial charge < -0.3 is 20.4 Å². The van der Waals surface area contributed by atoms with Gasteiger partial charge in [0.05, 0.1) is 11.8 Å². The van der Waals surface area contributed by atoms with Crippen molar-refractivity contribution in [3.63, 3.8) is 0 Å². The van der Waals surface area contributed by atoms with Crippen LogP contribution in [0.2, 0.25) is 0 Å². The van der Waals surface area contributed by atoms with Gasteiger partial charge in [0.15, 0.2) is 0 Å². The third-order valence-electron chi connectivity index (χ3n) is 5.98. The predicted molar refractivity (Wildman–Crippen MR) is 122 cm³/mol. The van der Waals surface area contributed by atoms with E-state index in [1.807, 2.05) is 13.8 Å². The molecule has 4 N–H and O–H groups in total. The molecule has 2 unspecified atom stereocenters. The third kappa shape index (κ3) is 16.6. The topological polar surface area (TPSA) is 115 Å². The molecule has 1 aliphatic carbocycles. The highest BCUT2D eigenvalue weighted by atomic mass is 16.4. The predicted octanol–water partition coefficient (Wildman–Crippen LogP) is 5.35. The summed E-state index contributed by atoms with van der Waals surface area (Å²) in [5.74, 6) is -0.475. The Kier molecular flexibility index (Phi) is 21.8. The molecule has 0 radical (unpaired) electrons. The van der Waals surface area contributed by atoms with Crippen molar-refractivity contribution >= 4 is 11.9 Å². The van der Waals surface area contributed by atoms with Crippen molar-refractivity contribution in [2.45, 2.75) is 105 Å². The quantitative estimate of drug-likeness (QED) is 0.330. The van der Waals surface area contributed by atoms with E-state index in [2.05, 4.69) is 13.8 Å². The Hall–Kier alpha value is -1.14. The van der Waals surface area contributed by atoms with E-state index in [1.165, 1.54) is 0 Å². The van der Waals surface area contributed by atoms with Gasteiger partial charge in [-0.3, -0.25) is 9.59 Å². The zero-order valence-corrected chi connectivity index (χ0v) is 19.8. The zero-order valence-electron chi connectivity index (χ0n) is 19.8. The standard InChI is InChI=1S/3C8H16O2/c9-5-7-1-2-8(6-10)4-3-7;2*1-3-5-6-7(4-2)8(9)10/h7-10H,1-6H2;2*7H,3-6H2,1-2H3,(H,9,10). The Bertz CT molecular complexity index is 367. The van der Waals surface area contributed by atoms with Crippen LogP contribution in [0, 0.1) is 23.7 Å². The van der Waals surface area contributed by atoms with Crippen molar-refractivity contribution in [3.05, 3.63) is 0 Å². The van der Waals surface area contributed by atoms with Crippen LogP contribution in [0.1, 0.15) is 105 Å². The summed E-state index contributed by atoms with van der Waals surface area (Å²) in [5, 5.41) is 34.8. The SMILES string of the molecule is CCCCC(CC)C(=O)O.CCCCC(CC)C(=O)O.OCC1CCC(CO)CC1. The van der Waals surface area contributed by atoms with Crippen LogP contribution in [0.4, 0.5) is 0 Å². The first-order valence-electron chi connectivity index (χ1n) is 12.0. The van der Waals surface area contributed by atoms with Gasteiger partial charge in [-0.2, -0.15) is 0 Å². The molecule has 6 heteroatoms. The average Bonchev–Trinajstić information content (AvgIpc) is 2.75. The minimum Gasteiger partial charge on any atom is -0.481 e. The molecule has 6 nitrogen and oxygen atoms in total. The number of aliphatic hydroxyl groups excluding tert-OH is 2. The number of carboxylic acid groups (broad SMARTS) is 2. The molecule has 0 aromatic carbocycles. The van der Waals surface area contributed by atoms with Crippen molar-refractivity contribution < 1.29 is 30.0 Å². The van der Waals surface area contributed by atoms with Crippen LogP contribution in [0.15, 0.2) is 0 Å². The van der Waals surface area contributed by atoms with Crippen LogP contribution in [0.3, 0.4) is 0 Å². The lowest BCUT2D eigenvalue weighted by molar-refractivity contribution is -0.143. The summed E-state index contributed by atoms with van der Waals surface area (Å²) in [5.41, 5.74) is 0. The fraction of sp³-hybridized carbons (Fsp3) is 0.917. The van der Waals surface area contributed by atoms with E-state index < -0.39 is 11.9 Å². The Morgan fingerprint density at radius 3 is 1.17 bits per heavy atom. The van der Waals surface area contributed by atoms with Crippen molar-refractivity contribution in [3.8, 4) is 0 Å². The van der Waals surface area contributed by atoms with Crippen LogP contribution in [0.5, 0.6) is 0 Å². The monoisotopic (exact) mass is 432 g/mol. The molecule has 0 heterocycles. The maximum atomic E-state index is 10.4. The van der Waals surface area contributed by atoms with E-state index in [0.29, 0.717) is 25.0 Å². The first-order valence-corrected chi connectivity index (χ1v) is 12.0. The minimum atomic E-state index is -0.643. The number of aliphatic hydroxyl groups is 2. The molecule has 1 fully saturated rings. The lowest BCUT2D eigenvalue weighted by Crippen LogP contribution is -2.19. The first kappa shape index (κ1) is 31.0. The largest absolute Gasteiger partial charge is 0.481 e. The van der Waals surface area contributed by atoms with Crippen molar-refractivity contribution in [1.82, 2.24) is 0 Å². The van der Waals surface area contributed by atoms with Crippen molar-refractivity contribution in [2.75, 3.05) is 13.2 Å². The highest BCUT2D eigenvalue weighted by molar-refractivity contribution is 5.70. The number of carboxylic acids is 2. The zero-order chi connectivity index (χ0) is 23.4. The third-order valence-corrected chi connectivity index (χ3v) is 5.98. The number of rotatable bonds is 12. The summed E-state index contributed by atoms with van der Waals surface area (Å²) in [4.78, 5) is 20.9. The molecule has 0 bridgehead atoms. The second-order valence-corrected chi connectivity index (χ2v) is 8.42. The number of unbranched alkanes of at least 4 members (excludes halogenated alkanes) is 2. The van der Waals surface area contributed by atoms with Crippen LogP contribution < -0.4 is 0 Å². The molecule has 0 aliphatic heterocycles. The molecule has 0 spiro atoms. The van der Waals surface area contributed by atoms with Gasteiger partial charge in [-0.05, 0) is 63.2 Å². The Morgan fingerprint density at radius 1 is 0.700 bits per heavy atom. The molecule has 2 atom stereocenters. The summed E-state index contributed by atoms with van der Waals surface area (Å²) in [6.45, 7) is 8.67. The molecule has 1 aliphatic rings. The fourth-order valence-electron chi connectivity index (χ4n) is 3.50. The minimum absolute atomic E-state index is 0.111. The fourth-order valence-corrected chi connectivity index (χ4v) is 3.50. The normalized spacial score (nSPS) is 20.1. The Balaban J connectivity index is 0. The van der Waals surface area contributed by atoms with Gasteiger partial charge in [0, 0.05) is 13.2 Å². The van der Waals surface area contributed by atoms with Crippen LogP contribution in [0.25, 0.3) is 0 Å². The highest BCUT2D eigenvalue weighted by Crippen LogP contribution is 2.27. The maximum Gasteiger partial charge on any atom is 0.306 e. The molecular formula is C24H48O6. The van der Waals surface area contributed by atoms with Crippen molar-refractivity contribution in [1.29, 1.82) is 0 Å². The molecule has 1 rings (SSSR count). The smallest absolute Gasteiger partial charge is 0.306 e. The lowest BCUT2D eigenvalue weighted by atomic mass is 9.83. The van der Waals surface area contributed by atoms with Gasteiger partial charge in [-0.15, -0.1) is 0 Å². The molecule has 0 amide bonds. The summed E-state index contributed by atoms with van der Waals surface area (Å²) < 4.78 is 0. The van der Waals surface area contributed by atoms with E-state index in [9.17, 15) is 9.59 Å². The van der Waals surface area contributed by atoms with Crippen LogP contribution >= 0.6 is 0 Å². The number of carbonyl (C=O) groups is 2. The van der Waals surface area contributed by atoms with E-state index in [1.54, 1.807) is 0 Å². The number of aliphatic carboxylic acids is 2. The molecule has 180 valence electrons. The first-order chi connectivity index (χ1) is 14.3. The summed E-state index contributed by atoms with van der Waals surface area (Å²) in [6, 6.07) is 0. The summed E-state index contributed by atoms with van der Waals surface area (Å²) in [6.07, 6.45) is 11.8. The average molecular weight is 433 g/mol. The van der Waals surface area contributed by atoms with E-state index in [-0.39, 0.29) is 11.8 Å². The Labute approximate surface area is 184 Å². The van der Waals surface area contributed by atoms with E-state index in [0.717, 1.165) is 77.0 Å². The summed E-state index contributed by atoms with van der Waals surface area (Å²) in [7, 11) is 0. The number of hydrogen-bond acceptors (Lipinski definition) is 4. The van der Waals surface area contributed by atoms with Gasteiger partial charge in [0.2, 0.25) is 0 Å². The Morgan fingerprint density at radius 2 is 1.00 bits per heavy atom. The molecule has 0 aromatic rings. The van der Waals surface area contributed by atoms with Crippen LogP contribution in [-0.2, 0) is 9.59 Å². The van der Waals surface area contributed by atoms with E-state index in [4.69, 9.17) is 20.4 Å². The van der Waals surface area contributed by atoms with Gasteiger partial charge in [0.25, 0.3) is 0 Å². The lowest BCUT2D eigenvalue weighted by Gasteiger charge is -2.25. The molecule has 30 heavy (non-hydrogen) atoms.